The lowest BCUT2D eigenvalue weighted by atomic mass is 10.1. The molecule has 5 heteroatoms. The first-order chi connectivity index (χ1) is 9.02. The van der Waals surface area contributed by atoms with Crippen LogP contribution in [0.2, 0.25) is 0 Å². The summed E-state index contributed by atoms with van der Waals surface area (Å²) >= 11 is 5.14. The number of benzene rings is 1. The number of aryl methyl sites for hydroxylation is 1. The zero-order chi connectivity index (χ0) is 14.3. The average molecular weight is 279 g/mol. The van der Waals surface area contributed by atoms with Crippen molar-refractivity contribution < 1.29 is 4.79 Å². The van der Waals surface area contributed by atoms with Crippen LogP contribution in [0.4, 0.5) is 5.69 Å². The van der Waals surface area contributed by atoms with Gasteiger partial charge in [-0.3, -0.25) is 4.79 Å². The van der Waals surface area contributed by atoms with Crippen LogP contribution in [0.1, 0.15) is 18.9 Å². The molecule has 0 fully saturated rings. The van der Waals surface area contributed by atoms with E-state index in [9.17, 15) is 4.79 Å². The van der Waals surface area contributed by atoms with Gasteiger partial charge in [0.15, 0.2) is 5.11 Å². The van der Waals surface area contributed by atoms with Crippen molar-refractivity contribution in [2.45, 2.75) is 19.8 Å². The minimum absolute atomic E-state index is 0.140. The lowest BCUT2D eigenvalue weighted by Gasteiger charge is -2.11. The van der Waals surface area contributed by atoms with Gasteiger partial charge in [-0.2, -0.15) is 0 Å². The molecule has 0 heterocycles. The summed E-state index contributed by atoms with van der Waals surface area (Å²) in [6, 6.07) is 7.96. The molecule has 4 nitrogen and oxygen atoms in total. The third-order valence-electron chi connectivity index (χ3n) is 2.65. The molecule has 1 rings (SSSR count). The Morgan fingerprint density at radius 1 is 1.37 bits per heavy atom. The van der Waals surface area contributed by atoms with Crippen LogP contribution in [0.5, 0.6) is 0 Å². The van der Waals surface area contributed by atoms with Gasteiger partial charge in [0.05, 0.1) is 0 Å². The molecule has 104 valence electrons. The van der Waals surface area contributed by atoms with E-state index in [0.717, 1.165) is 24.2 Å². The molecular formula is C14H21N3OS. The molecule has 1 aromatic carbocycles. The van der Waals surface area contributed by atoms with E-state index < -0.39 is 0 Å². The molecule has 0 aliphatic heterocycles. The van der Waals surface area contributed by atoms with Gasteiger partial charge in [-0.05, 0) is 43.3 Å². The lowest BCUT2D eigenvalue weighted by molar-refractivity contribution is -0.128. The molecule has 1 amide bonds. The number of nitrogens with one attached hydrogen (secondary N) is 2. The summed E-state index contributed by atoms with van der Waals surface area (Å²) in [4.78, 5) is 13.2. The first-order valence-corrected chi connectivity index (χ1v) is 6.77. The Kier molecular flexibility index (Phi) is 6.29. The van der Waals surface area contributed by atoms with E-state index in [1.165, 1.54) is 0 Å². The first kappa shape index (κ1) is 15.4. The minimum Gasteiger partial charge on any atom is -0.363 e. The van der Waals surface area contributed by atoms with Gasteiger partial charge in [0.2, 0.25) is 5.91 Å². The Labute approximate surface area is 120 Å². The van der Waals surface area contributed by atoms with Crippen LogP contribution < -0.4 is 10.6 Å². The van der Waals surface area contributed by atoms with Gasteiger partial charge in [0, 0.05) is 32.7 Å². The van der Waals surface area contributed by atoms with Crippen LogP contribution in [0, 0.1) is 0 Å². The number of hydrogen-bond donors (Lipinski definition) is 2. The lowest BCUT2D eigenvalue weighted by Crippen LogP contribution is -2.27. The predicted octanol–water partition coefficient (Wildman–Crippen LogP) is 2.01. The van der Waals surface area contributed by atoms with E-state index in [1.54, 1.807) is 19.0 Å². The zero-order valence-corrected chi connectivity index (χ0v) is 12.5. The van der Waals surface area contributed by atoms with Crippen molar-refractivity contribution in [2.24, 2.45) is 0 Å². The summed E-state index contributed by atoms with van der Waals surface area (Å²) < 4.78 is 0. The highest BCUT2D eigenvalue weighted by Gasteiger charge is 2.05. The van der Waals surface area contributed by atoms with Crippen LogP contribution in [-0.2, 0) is 11.2 Å². The number of rotatable bonds is 5. The molecule has 0 saturated carbocycles. The molecule has 2 N–H and O–H groups in total. The molecule has 0 aliphatic carbocycles. The van der Waals surface area contributed by atoms with Gasteiger partial charge in [-0.15, -0.1) is 0 Å². The summed E-state index contributed by atoms with van der Waals surface area (Å²) in [6.07, 6.45) is 1.26. The number of amides is 1. The standard InChI is InChI=1S/C14H21N3OS/c1-4-15-14(19)16-12-7-5-6-11(10-12)8-9-13(18)17(2)3/h5-7,10H,4,8-9H2,1-3H3,(H2,15,16,19). The van der Waals surface area contributed by atoms with Crippen LogP contribution in [0.3, 0.4) is 0 Å². The fourth-order valence-electron chi connectivity index (χ4n) is 1.62. The molecule has 0 atom stereocenters. The van der Waals surface area contributed by atoms with Crippen LogP contribution in [0.25, 0.3) is 0 Å². The van der Waals surface area contributed by atoms with Gasteiger partial charge in [-0.1, -0.05) is 12.1 Å². The fraction of sp³-hybridized carbons (Fsp3) is 0.429. The van der Waals surface area contributed by atoms with Crippen LogP contribution in [0.15, 0.2) is 24.3 Å². The van der Waals surface area contributed by atoms with Crippen LogP contribution >= 0.6 is 12.2 Å². The van der Waals surface area contributed by atoms with Crippen molar-refractivity contribution in [2.75, 3.05) is 26.0 Å². The molecule has 0 bridgehead atoms. The van der Waals surface area contributed by atoms with Crippen molar-refractivity contribution in [3.05, 3.63) is 29.8 Å². The largest absolute Gasteiger partial charge is 0.363 e. The maximum Gasteiger partial charge on any atom is 0.222 e. The molecule has 0 unspecified atom stereocenters. The third kappa shape index (κ3) is 5.70. The summed E-state index contributed by atoms with van der Waals surface area (Å²) in [6.45, 7) is 2.79. The fourth-order valence-corrected chi connectivity index (χ4v) is 1.88. The second-order valence-corrected chi connectivity index (χ2v) is 4.88. The van der Waals surface area contributed by atoms with E-state index in [0.29, 0.717) is 11.5 Å². The van der Waals surface area contributed by atoms with E-state index in [4.69, 9.17) is 12.2 Å². The number of nitrogens with zero attached hydrogens (tertiary/aromatic N) is 1. The molecule has 0 saturated heterocycles. The molecule has 0 spiro atoms. The molecule has 0 aromatic heterocycles. The summed E-state index contributed by atoms with van der Waals surface area (Å²) in [5.74, 6) is 0.140. The van der Waals surface area contributed by atoms with Crippen molar-refractivity contribution in [1.82, 2.24) is 10.2 Å². The summed E-state index contributed by atoms with van der Waals surface area (Å²) in [5.41, 5.74) is 2.07. The maximum absolute atomic E-state index is 11.5. The Hall–Kier alpha value is -1.62. The topological polar surface area (TPSA) is 44.4 Å². The molecule has 0 radical (unpaired) electrons. The SMILES string of the molecule is CCNC(=S)Nc1cccc(CCC(=O)N(C)C)c1. The van der Waals surface area contributed by atoms with Gasteiger partial charge < -0.3 is 15.5 Å². The molecule has 19 heavy (non-hydrogen) atoms. The van der Waals surface area contributed by atoms with E-state index >= 15 is 0 Å². The second-order valence-electron chi connectivity index (χ2n) is 4.47. The second kappa shape index (κ2) is 7.74. The third-order valence-corrected chi connectivity index (χ3v) is 2.89. The Balaban J connectivity index is 2.57. The quantitative estimate of drug-likeness (QED) is 0.809. The highest BCUT2D eigenvalue weighted by molar-refractivity contribution is 7.80. The van der Waals surface area contributed by atoms with Crippen molar-refractivity contribution in [1.29, 1.82) is 0 Å². The van der Waals surface area contributed by atoms with Gasteiger partial charge in [0.1, 0.15) is 0 Å². The smallest absolute Gasteiger partial charge is 0.222 e. The van der Waals surface area contributed by atoms with Gasteiger partial charge in [0.25, 0.3) is 0 Å². The summed E-state index contributed by atoms with van der Waals surface area (Å²) in [5, 5.41) is 6.77. The first-order valence-electron chi connectivity index (χ1n) is 6.37. The number of thiocarbonyl (C=S) groups is 1. The minimum atomic E-state index is 0.140. The van der Waals surface area contributed by atoms with Crippen molar-refractivity contribution in [3.63, 3.8) is 0 Å². The van der Waals surface area contributed by atoms with Gasteiger partial charge >= 0.3 is 0 Å². The highest BCUT2D eigenvalue weighted by atomic mass is 32.1. The molecule has 0 aliphatic rings. The number of carbonyl (C=O) groups is 1. The monoisotopic (exact) mass is 279 g/mol. The Morgan fingerprint density at radius 2 is 2.11 bits per heavy atom. The Bertz CT molecular complexity index is 446. The van der Waals surface area contributed by atoms with Crippen LogP contribution in [-0.4, -0.2) is 36.6 Å². The number of carbonyl (C=O) groups excluding carboxylic acids is 1. The number of hydrogen-bond acceptors (Lipinski definition) is 2. The zero-order valence-electron chi connectivity index (χ0n) is 11.7. The average Bonchev–Trinajstić information content (AvgIpc) is 2.36. The molecule has 1 aromatic rings. The highest BCUT2D eigenvalue weighted by Crippen LogP contribution is 2.12. The van der Waals surface area contributed by atoms with Gasteiger partial charge in [-0.25, -0.2) is 0 Å². The number of anilines is 1. The van der Waals surface area contributed by atoms with E-state index in [1.807, 2.05) is 31.2 Å². The Morgan fingerprint density at radius 3 is 2.74 bits per heavy atom. The predicted molar refractivity (Wildman–Crippen MR) is 83.4 cm³/mol. The van der Waals surface area contributed by atoms with Crippen molar-refractivity contribution >= 4 is 28.9 Å². The maximum atomic E-state index is 11.5. The molecular weight excluding hydrogens is 258 g/mol. The van der Waals surface area contributed by atoms with E-state index in [2.05, 4.69) is 10.6 Å². The normalized spacial score (nSPS) is 9.84. The summed E-state index contributed by atoms with van der Waals surface area (Å²) in [7, 11) is 3.55. The van der Waals surface area contributed by atoms with Crippen molar-refractivity contribution in [3.8, 4) is 0 Å². The van der Waals surface area contributed by atoms with E-state index in [-0.39, 0.29) is 5.91 Å².